The van der Waals surface area contributed by atoms with Crippen molar-refractivity contribution in [3.05, 3.63) is 30.3 Å². The summed E-state index contributed by atoms with van der Waals surface area (Å²) in [4.78, 5) is 0. The van der Waals surface area contributed by atoms with E-state index >= 15 is 0 Å². The van der Waals surface area contributed by atoms with Crippen LogP contribution in [0, 0.1) is 0 Å². The molecule has 0 aromatic heterocycles. The number of benzene rings is 1. The second-order valence-corrected chi connectivity index (χ2v) is 3.35. The molecule has 78 valence electrons. The van der Waals surface area contributed by atoms with Gasteiger partial charge in [-0.2, -0.15) is 0 Å². The fraction of sp³-hybridized carbons (Fsp3) is 0.500. The summed E-state index contributed by atoms with van der Waals surface area (Å²) >= 11 is 0. The van der Waals surface area contributed by atoms with Crippen LogP contribution in [0.4, 0.5) is 5.69 Å². The van der Waals surface area contributed by atoms with Gasteiger partial charge in [0.2, 0.25) is 0 Å². The minimum atomic E-state index is 1.06. The average molecular weight is 192 g/mol. The zero-order chi connectivity index (χ0) is 10.1. The molecule has 2 heteroatoms. The van der Waals surface area contributed by atoms with Crippen LogP contribution in [0.3, 0.4) is 0 Å². The molecular formula is C12H20N2. The van der Waals surface area contributed by atoms with E-state index in [1.807, 2.05) is 6.07 Å². The first kappa shape index (κ1) is 11.1. The lowest BCUT2D eigenvalue weighted by Crippen LogP contribution is -2.15. The number of unbranched alkanes of at least 4 members (excludes halogenated alkanes) is 1. The maximum atomic E-state index is 3.39. The molecule has 0 heterocycles. The smallest absolute Gasteiger partial charge is 0.0340 e. The highest BCUT2D eigenvalue weighted by molar-refractivity contribution is 5.42. The maximum absolute atomic E-state index is 3.39. The fourth-order valence-corrected chi connectivity index (χ4v) is 1.34. The van der Waals surface area contributed by atoms with Crippen molar-refractivity contribution in [2.45, 2.75) is 19.8 Å². The van der Waals surface area contributed by atoms with E-state index in [-0.39, 0.29) is 0 Å². The second kappa shape index (κ2) is 7.39. The van der Waals surface area contributed by atoms with Crippen LogP contribution in [-0.4, -0.2) is 19.6 Å². The molecule has 0 atom stereocenters. The molecule has 2 N–H and O–H groups in total. The molecule has 2 nitrogen and oxygen atoms in total. The van der Waals surface area contributed by atoms with Gasteiger partial charge in [0.15, 0.2) is 0 Å². The maximum Gasteiger partial charge on any atom is 0.0340 e. The molecule has 1 rings (SSSR count). The zero-order valence-electron chi connectivity index (χ0n) is 8.92. The van der Waals surface area contributed by atoms with E-state index in [9.17, 15) is 0 Å². The number of rotatable bonds is 7. The highest BCUT2D eigenvalue weighted by Crippen LogP contribution is 2.04. The third-order valence-electron chi connectivity index (χ3n) is 2.13. The summed E-state index contributed by atoms with van der Waals surface area (Å²) in [5, 5.41) is 6.71. The van der Waals surface area contributed by atoms with E-state index in [0.717, 1.165) is 19.6 Å². The van der Waals surface area contributed by atoms with E-state index < -0.39 is 0 Å². The van der Waals surface area contributed by atoms with Crippen LogP contribution < -0.4 is 10.6 Å². The Labute approximate surface area is 86.7 Å². The summed E-state index contributed by atoms with van der Waals surface area (Å²) in [6, 6.07) is 10.4. The lowest BCUT2D eigenvalue weighted by Gasteiger charge is -2.05. The SMILES string of the molecule is CCNCCCCNc1ccccc1. The molecule has 0 unspecified atom stereocenters. The molecule has 0 saturated heterocycles. The van der Waals surface area contributed by atoms with Gasteiger partial charge in [-0.15, -0.1) is 0 Å². The third-order valence-corrected chi connectivity index (χ3v) is 2.13. The molecule has 0 aliphatic rings. The van der Waals surface area contributed by atoms with Crippen LogP contribution in [0.5, 0.6) is 0 Å². The Balaban J connectivity index is 1.99. The number of para-hydroxylation sites is 1. The highest BCUT2D eigenvalue weighted by atomic mass is 14.9. The predicted octanol–water partition coefficient (Wildman–Crippen LogP) is 2.49. The highest BCUT2D eigenvalue weighted by Gasteiger charge is 1.89. The molecule has 14 heavy (non-hydrogen) atoms. The van der Waals surface area contributed by atoms with Crippen LogP contribution in [-0.2, 0) is 0 Å². The van der Waals surface area contributed by atoms with Crippen LogP contribution in [0.25, 0.3) is 0 Å². The summed E-state index contributed by atoms with van der Waals surface area (Å²) in [6.45, 7) is 5.41. The first-order valence-electron chi connectivity index (χ1n) is 5.43. The van der Waals surface area contributed by atoms with Crippen LogP contribution in [0.2, 0.25) is 0 Å². The Morgan fingerprint density at radius 2 is 1.71 bits per heavy atom. The fourth-order valence-electron chi connectivity index (χ4n) is 1.34. The van der Waals surface area contributed by atoms with Crippen molar-refractivity contribution in [3.63, 3.8) is 0 Å². The summed E-state index contributed by atoms with van der Waals surface area (Å²) in [5.74, 6) is 0. The van der Waals surface area contributed by atoms with Gasteiger partial charge >= 0.3 is 0 Å². The van der Waals surface area contributed by atoms with Crippen LogP contribution in [0.15, 0.2) is 30.3 Å². The van der Waals surface area contributed by atoms with Crippen molar-refractivity contribution in [2.24, 2.45) is 0 Å². The monoisotopic (exact) mass is 192 g/mol. The van der Waals surface area contributed by atoms with Crippen molar-refractivity contribution in [1.29, 1.82) is 0 Å². The average Bonchev–Trinajstić information content (AvgIpc) is 2.25. The molecular weight excluding hydrogens is 172 g/mol. The van der Waals surface area contributed by atoms with Crippen molar-refractivity contribution in [3.8, 4) is 0 Å². The molecule has 0 amide bonds. The minimum Gasteiger partial charge on any atom is -0.385 e. The lowest BCUT2D eigenvalue weighted by atomic mass is 10.3. The summed E-state index contributed by atoms with van der Waals surface area (Å²) in [7, 11) is 0. The largest absolute Gasteiger partial charge is 0.385 e. The molecule has 1 aromatic rings. The van der Waals surface area contributed by atoms with Crippen LogP contribution in [0.1, 0.15) is 19.8 Å². The standard InChI is InChI=1S/C12H20N2/c1-2-13-10-6-7-11-14-12-8-4-3-5-9-12/h3-5,8-9,13-14H,2,6-7,10-11H2,1H3. The summed E-state index contributed by atoms with van der Waals surface area (Å²) in [5.41, 5.74) is 1.22. The molecule has 0 fully saturated rings. The number of anilines is 1. The first-order chi connectivity index (χ1) is 6.93. The quantitative estimate of drug-likeness (QED) is 0.649. The molecule has 1 aromatic carbocycles. The van der Waals surface area contributed by atoms with Gasteiger partial charge in [0.25, 0.3) is 0 Å². The molecule has 0 aliphatic carbocycles. The van der Waals surface area contributed by atoms with E-state index in [4.69, 9.17) is 0 Å². The molecule has 0 bridgehead atoms. The Bertz CT molecular complexity index is 221. The van der Waals surface area contributed by atoms with Crippen LogP contribution >= 0.6 is 0 Å². The normalized spacial score (nSPS) is 10.1. The molecule has 0 radical (unpaired) electrons. The predicted molar refractivity (Wildman–Crippen MR) is 62.7 cm³/mol. The van der Waals surface area contributed by atoms with Gasteiger partial charge in [0, 0.05) is 12.2 Å². The van der Waals surface area contributed by atoms with Gasteiger partial charge in [0.05, 0.1) is 0 Å². The summed E-state index contributed by atoms with van der Waals surface area (Å²) < 4.78 is 0. The molecule has 0 saturated carbocycles. The molecule has 0 spiro atoms. The van der Waals surface area contributed by atoms with Gasteiger partial charge in [-0.05, 0) is 38.1 Å². The van der Waals surface area contributed by atoms with E-state index in [0.29, 0.717) is 0 Å². The van der Waals surface area contributed by atoms with Gasteiger partial charge in [-0.3, -0.25) is 0 Å². The third kappa shape index (κ3) is 4.87. The first-order valence-corrected chi connectivity index (χ1v) is 5.43. The van der Waals surface area contributed by atoms with E-state index in [2.05, 4.69) is 41.8 Å². The Morgan fingerprint density at radius 3 is 2.43 bits per heavy atom. The second-order valence-electron chi connectivity index (χ2n) is 3.35. The van der Waals surface area contributed by atoms with Gasteiger partial charge in [-0.25, -0.2) is 0 Å². The number of hydrogen-bond donors (Lipinski definition) is 2. The Hall–Kier alpha value is -1.02. The lowest BCUT2D eigenvalue weighted by molar-refractivity contribution is 0.653. The van der Waals surface area contributed by atoms with E-state index in [1.165, 1.54) is 18.5 Å². The molecule has 0 aliphatic heterocycles. The van der Waals surface area contributed by atoms with Gasteiger partial charge in [0.1, 0.15) is 0 Å². The van der Waals surface area contributed by atoms with Gasteiger partial charge < -0.3 is 10.6 Å². The minimum absolute atomic E-state index is 1.06. The van der Waals surface area contributed by atoms with E-state index in [1.54, 1.807) is 0 Å². The number of nitrogens with one attached hydrogen (secondary N) is 2. The number of hydrogen-bond acceptors (Lipinski definition) is 2. The topological polar surface area (TPSA) is 24.1 Å². The Morgan fingerprint density at radius 1 is 1.00 bits per heavy atom. The zero-order valence-corrected chi connectivity index (χ0v) is 8.92. The van der Waals surface area contributed by atoms with Crippen molar-refractivity contribution in [1.82, 2.24) is 5.32 Å². The Kier molecular flexibility index (Phi) is 5.84. The summed E-state index contributed by atoms with van der Waals surface area (Å²) in [6.07, 6.45) is 2.47. The van der Waals surface area contributed by atoms with Crippen molar-refractivity contribution in [2.75, 3.05) is 25.0 Å². The van der Waals surface area contributed by atoms with Crippen molar-refractivity contribution < 1.29 is 0 Å². The van der Waals surface area contributed by atoms with Gasteiger partial charge in [-0.1, -0.05) is 25.1 Å². The van der Waals surface area contributed by atoms with Crippen molar-refractivity contribution >= 4 is 5.69 Å².